The fourth-order valence-corrected chi connectivity index (χ4v) is 7.65. The number of aromatic amines is 2. The van der Waals surface area contributed by atoms with E-state index in [1.807, 2.05) is 49.9 Å². The number of hydrogen-bond donors (Lipinski definition) is 3. The quantitative estimate of drug-likeness (QED) is 0.0467. The summed E-state index contributed by atoms with van der Waals surface area (Å²) in [5, 5.41) is 3.25. The van der Waals surface area contributed by atoms with Gasteiger partial charge < -0.3 is 30.0 Å². The first-order valence-electron chi connectivity index (χ1n) is 19.4. The van der Waals surface area contributed by atoms with E-state index < -0.39 is 12.1 Å². The SMILES string of the molecule is COOC=N[C@H](C(=O)N1CCC[C@H]1c1ncc(-c2ccc(-c3ccc(-c4cnc([C@@H]5CCCN5C(=O)[C@@H](Nc5ncccn5)C(C)C)[nH]4)cc3)cc2)[nH]1)C(C)C. The summed E-state index contributed by atoms with van der Waals surface area (Å²) in [6.45, 7) is 9.32. The zero-order valence-corrected chi connectivity index (χ0v) is 32.6. The molecule has 2 aliphatic rings. The zero-order valence-electron chi connectivity index (χ0n) is 32.6. The lowest BCUT2D eigenvalue weighted by Gasteiger charge is -2.30. The zero-order chi connectivity index (χ0) is 39.2. The van der Waals surface area contributed by atoms with Crippen LogP contribution in [0.5, 0.6) is 0 Å². The molecule has 0 saturated carbocycles. The van der Waals surface area contributed by atoms with Gasteiger partial charge in [-0.05, 0) is 65.8 Å². The summed E-state index contributed by atoms with van der Waals surface area (Å²) in [5.41, 5.74) is 6.00. The van der Waals surface area contributed by atoms with Gasteiger partial charge in [0.1, 0.15) is 23.7 Å². The number of amides is 2. The molecule has 5 heterocycles. The highest BCUT2D eigenvalue weighted by Gasteiger charge is 2.38. The summed E-state index contributed by atoms with van der Waals surface area (Å²) in [7, 11) is 1.40. The molecule has 3 aromatic heterocycles. The Balaban J connectivity index is 0.996. The molecule has 292 valence electrons. The molecular formula is C42H50N10O4. The molecule has 2 fully saturated rings. The van der Waals surface area contributed by atoms with Gasteiger partial charge in [-0.3, -0.25) is 9.59 Å². The average molecular weight is 759 g/mol. The van der Waals surface area contributed by atoms with Crippen molar-refractivity contribution in [2.45, 2.75) is 77.5 Å². The maximum absolute atomic E-state index is 13.8. The van der Waals surface area contributed by atoms with Gasteiger partial charge in [0.05, 0.1) is 43.0 Å². The van der Waals surface area contributed by atoms with E-state index in [-0.39, 0.29) is 35.7 Å². The minimum Gasteiger partial charge on any atom is -0.342 e. The second kappa shape index (κ2) is 17.3. The van der Waals surface area contributed by atoms with Crippen molar-refractivity contribution < 1.29 is 19.4 Å². The molecule has 14 heteroatoms. The Morgan fingerprint density at radius 1 is 0.750 bits per heavy atom. The van der Waals surface area contributed by atoms with Crippen molar-refractivity contribution in [3.8, 4) is 33.6 Å². The number of carbonyl (C=O) groups excluding carboxylic acids is 2. The third-order valence-corrected chi connectivity index (χ3v) is 10.6. The molecule has 3 N–H and O–H groups in total. The van der Waals surface area contributed by atoms with E-state index >= 15 is 0 Å². The molecule has 2 amide bonds. The molecule has 14 nitrogen and oxygen atoms in total. The predicted molar refractivity (Wildman–Crippen MR) is 214 cm³/mol. The minimum atomic E-state index is -0.568. The summed E-state index contributed by atoms with van der Waals surface area (Å²) < 4.78 is 0. The molecule has 5 aromatic rings. The molecule has 0 unspecified atom stereocenters. The number of aliphatic imine (C=N–C) groups is 1. The van der Waals surface area contributed by atoms with Crippen LogP contribution in [-0.2, 0) is 19.4 Å². The Morgan fingerprint density at radius 3 is 1.73 bits per heavy atom. The number of nitrogens with one attached hydrogen (secondary N) is 3. The molecular weight excluding hydrogens is 709 g/mol. The first kappa shape index (κ1) is 38.4. The topological polar surface area (TPSA) is 167 Å². The first-order valence-corrected chi connectivity index (χ1v) is 19.4. The van der Waals surface area contributed by atoms with Crippen LogP contribution in [-0.4, -0.2) is 90.2 Å². The summed E-state index contributed by atoms with van der Waals surface area (Å²) in [6.07, 6.45) is 11.7. The standard InChI is InChI=1S/C42H50N10O4/c1-26(2)36(47-25-56-55-5)40(53)51-21-6-9-34(51)38-45-23-32(48-38)30-15-11-28(12-16-30)29-13-17-31(18-14-29)33-24-46-39(49-33)35-10-7-22-52(35)41(54)37(27(3)4)50-42-43-19-8-20-44-42/h8,11-20,23-27,34-37H,6-7,9-10,21-22H2,1-5H3,(H,45,48)(H,46,49)(H,43,44,50)/t34-,35-,36-,37-/m0/s1. The molecule has 0 radical (unpaired) electrons. The Kier molecular flexibility index (Phi) is 11.8. The summed E-state index contributed by atoms with van der Waals surface area (Å²) in [6, 6.07) is 17.2. The van der Waals surface area contributed by atoms with Crippen molar-refractivity contribution >= 4 is 24.2 Å². The van der Waals surface area contributed by atoms with Gasteiger partial charge in [-0.25, -0.2) is 24.9 Å². The number of likely N-dealkylation sites (tertiary alicyclic amines) is 2. The first-order chi connectivity index (χ1) is 27.2. The molecule has 0 bridgehead atoms. The number of imidazole rings is 2. The van der Waals surface area contributed by atoms with E-state index in [4.69, 9.17) is 14.9 Å². The maximum atomic E-state index is 13.8. The molecule has 0 spiro atoms. The second-order valence-electron chi connectivity index (χ2n) is 15.0. The van der Waals surface area contributed by atoms with Crippen LogP contribution in [0.2, 0.25) is 0 Å². The highest BCUT2D eigenvalue weighted by atomic mass is 17.2. The molecule has 2 aromatic carbocycles. The number of aromatic nitrogens is 6. The number of hydrogen-bond acceptors (Lipinski definition) is 10. The van der Waals surface area contributed by atoms with E-state index in [0.717, 1.165) is 71.0 Å². The molecule has 0 aliphatic carbocycles. The van der Waals surface area contributed by atoms with Crippen LogP contribution in [0.3, 0.4) is 0 Å². The van der Waals surface area contributed by atoms with Crippen molar-refractivity contribution in [1.29, 1.82) is 0 Å². The van der Waals surface area contributed by atoms with Crippen LogP contribution in [0, 0.1) is 11.8 Å². The van der Waals surface area contributed by atoms with Crippen molar-refractivity contribution in [3.63, 3.8) is 0 Å². The van der Waals surface area contributed by atoms with Gasteiger partial charge in [-0.2, -0.15) is 4.89 Å². The third kappa shape index (κ3) is 8.35. The Labute approximate surface area is 327 Å². The van der Waals surface area contributed by atoms with Crippen molar-refractivity contribution in [3.05, 3.63) is 91.0 Å². The largest absolute Gasteiger partial charge is 0.342 e. The molecule has 7 rings (SSSR count). The van der Waals surface area contributed by atoms with E-state index in [9.17, 15) is 9.59 Å². The fourth-order valence-electron chi connectivity index (χ4n) is 7.65. The molecule has 56 heavy (non-hydrogen) atoms. The van der Waals surface area contributed by atoms with E-state index in [0.29, 0.717) is 19.0 Å². The number of anilines is 1. The van der Waals surface area contributed by atoms with Gasteiger partial charge in [0.2, 0.25) is 24.2 Å². The second-order valence-corrected chi connectivity index (χ2v) is 15.0. The molecule has 2 aliphatic heterocycles. The maximum Gasteiger partial charge on any atom is 0.248 e. The van der Waals surface area contributed by atoms with Crippen LogP contribution >= 0.6 is 0 Å². The van der Waals surface area contributed by atoms with Crippen LogP contribution in [0.15, 0.2) is 84.4 Å². The van der Waals surface area contributed by atoms with Gasteiger partial charge >= 0.3 is 0 Å². The number of rotatable bonds is 14. The number of benzene rings is 2. The lowest BCUT2D eigenvalue weighted by Crippen LogP contribution is -2.45. The van der Waals surface area contributed by atoms with Gasteiger partial charge in [-0.1, -0.05) is 76.2 Å². The van der Waals surface area contributed by atoms with Crippen molar-refractivity contribution in [2.24, 2.45) is 16.8 Å². The third-order valence-electron chi connectivity index (χ3n) is 10.6. The van der Waals surface area contributed by atoms with Gasteiger partial charge in [0.25, 0.3) is 0 Å². The number of nitrogens with zero attached hydrogens (tertiary/aromatic N) is 7. The predicted octanol–water partition coefficient (Wildman–Crippen LogP) is 7.02. The Bertz CT molecular complexity index is 2100. The van der Waals surface area contributed by atoms with Gasteiger partial charge in [0, 0.05) is 25.5 Å². The smallest absolute Gasteiger partial charge is 0.248 e. The number of carbonyl (C=O) groups is 2. The van der Waals surface area contributed by atoms with E-state index in [1.54, 1.807) is 18.5 Å². The van der Waals surface area contributed by atoms with Crippen LogP contribution < -0.4 is 5.32 Å². The Hall–Kier alpha value is -5.89. The highest BCUT2D eigenvalue weighted by molar-refractivity contribution is 5.85. The van der Waals surface area contributed by atoms with E-state index in [1.165, 1.54) is 13.5 Å². The fraction of sp³-hybridized carbons (Fsp3) is 0.405. The monoisotopic (exact) mass is 758 g/mol. The Morgan fingerprint density at radius 2 is 1.25 bits per heavy atom. The van der Waals surface area contributed by atoms with Crippen LogP contribution in [0.4, 0.5) is 5.95 Å². The minimum absolute atomic E-state index is 0.00423. The normalized spacial score (nSPS) is 18.3. The highest BCUT2D eigenvalue weighted by Crippen LogP contribution is 2.35. The summed E-state index contributed by atoms with van der Waals surface area (Å²) >= 11 is 0. The molecule has 4 atom stereocenters. The van der Waals surface area contributed by atoms with Crippen LogP contribution in [0.1, 0.15) is 77.1 Å². The molecule has 2 saturated heterocycles. The lowest BCUT2D eigenvalue weighted by molar-refractivity contribution is -0.188. The van der Waals surface area contributed by atoms with E-state index in [2.05, 4.69) is 83.7 Å². The lowest BCUT2D eigenvalue weighted by atomic mass is 10.0. The summed E-state index contributed by atoms with van der Waals surface area (Å²) in [5.74, 6) is 2.04. The van der Waals surface area contributed by atoms with Crippen molar-refractivity contribution in [2.75, 3.05) is 25.5 Å². The van der Waals surface area contributed by atoms with Crippen LogP contribution in [0.25, 0.3) is 33.6 Å². The van der Waals surface area contributed by atoms with Crippen molar-refractivity contribution in [1.82, 2.24) is 39.7 Å². The number of H-pyrrole nitrogens is 2. The summed E-state index contributed by atoms with van der Waals surface area (Å²) in [4.78, 5) is 69.9. The van der Waals surface area contributed by atoms with Gasteiger partial charge in [0.15, 0.2) is 0 Å². The average Bonchev–Trinajstić information content (AvgIpc) is 4.06. The van der Waals surface area contributed by atoms with Gasteiger partial charge in [-0.15, -0.1) is 0 Å².